The summed E-state index contributed by atoms with van der Waals surface area (Å²) in [7, 11) is 0. The number of carboxylic acid groups (broad SMARTS) is 1. The number of carbonyl (C=O) groups is 3. The lowest BCUT2D eigenvalue weighted by Crippen LogP contribution is -2.41. The number of carboxylic acids is 1. The highest BCUT2D eigenvalue weighted by molar-refractivity contribution is 9.10. The number of nitrogens with two attached hydrogens (primary N) is 1. The zero-order chi connectivity index (χ0) is 15.8. The molecule has 0 heterocycles. The lowest BCUT2D eigenvalue weighted by molar-refractivity contribution is -0.142. The average Bonchev–Trinajstić information content (AvgIpc) is 2.40. The second-order valence-electron chi connectivity index (χ2n) is 4.59. The van der Waals surface area contributed by atoms with E-state index in [9.17, 15) is 14.4 Å². The number of carbonyl (C=O) groups excluding carboxylic acids is 2. The van der Waals surface area contributed by atoms with E-state index in [1.54, 1.807) is 0 Å². The summed E-state index contributed by atoms with van der Waals surface area (Å²) >= 11 is 3.34. The smallest absolute Gasteiger partial charge is 0.326 e. The maximum Gasteiger partial charge on any atom is 0.326 e. The van der Waals surface area contributed by atoms with Gasteiger partial charge in [0.25, 0.3) is 0 Å². The van der Waals surface area contributed by atoms with E-state index in [1.807, 2.05) is 24.3 Å². The molecule has 0 aliphatic heterocycles. The van der Waals surface area contributed by atoms with Crippen LogP contribution in [0.3, 0.4) is 0 Å². The highest BCUT2D eigenvalue weighted by Crippen LogP contribution is 2.13. The molecule has 0 radical (unpaired) electrons. The van der Waals surface area contributed by atoms with Gasteiger partial charge in [-0.15, -0.1) is 0 Å². The molecule has 0 aliphatic carbocycles. The predicted octanol–water partition coefficient (Wildman–Crippen LogP) is 1.22. The van der Waals surface area contributed by atoms with Crippen LogP contribution in [0.1, 0.15) is 24.8 Å². The molecule has 2 amide bonds. The summed E-state index contributed by atoms with van der Waals surface area (Å²) in [6.07, 6.45) is 0.598. The first kappa shape index (κ1) is 17.2. The molecule has 114 valence electrons. The first-order chi connectivity index (χ1) is 9.88. The van der Waals surface area contributed by atoms with E-state index in [2.05, 4.69) is 21.2 Å². The maximum atomic E-state index is 11.8. The van der Waals surface area contributed by atoms with Gasteiger partial charge in [0.05, 0.1) is 0 Å². The highest BCUT2D eigenvalue weighted by Gasteiger charge is 2.20. The van der Waals surface area contributed by atoms with Gasteiger partial charge in [-0.05, 0) is 30.5 Å². The average molecular weight is 357 g/mol. The van der Waals surface area contributed by atoms with Crippen molar-refractivity contribution in [2.45, 2.75) is 31.7 Å². The number of rotatable bonds is 8. The topological polar surface area (TPSA) is 109 Å². The SMILES string of the molecule is NC(=O)CC[C@H](NC(=O)CCc1cccc(Br)c1)C(=O)O. The number of aliphatic carboxylic acids is 1. The molecule has 21 heavy (non-hydrogen) atoms. The van der Waals surface area contributed by atoms with Crippen molar-refractivity contribution in [1.82, 2.24) is 5.32 Å². The number of aryl methyl sites for hydroxylation is 1. The summed E-state index contributed by atoms with van der Waals surface area (Å²) in [6, 6.07) is 6.44. The summed E-state index contributed by atoms with van der Waals surface area (Å²) in [5.41, 5.74) is 5.95. The first-order valence-electron chi connectivity index (χ1n) is 6.43. The molecule has 0 spiro atoms. The van der Waals surface area contributed by atoms with Crippen molar-refractivity contribution in [1.29, 1.82) is 0 Å². The minimum absolute atomic E-state index is 0.00665. The van der Waals surface area contributed by atoms with Crippen molar-refractivity contribution in [3.8, 4) is 0 Å². The monoisotopic (exact) mass is 356 g/mol. The molecule has 0 aliphatic rings. The molecule has 0 saturated heterocycles. The zero-order valence-electron chi connectivity index (χ0n) is 11.3. The van der Waals surface area contributed by atoms with E-state index in [1.165, 1.54) is 0 Å². The fraction of sp³-hybridized carbons (Fsp3) is 0.357. The van der Waals surface area contributed by atoms with Crippen molar-refractivity contribution in [3.05, 3.63) is 34.3 Å². The Labute approximate surface area is 130 Å². The Bertz CT molecular complexity index is 533. The number of hydrogen-bond acceptors (Lipinski definition) is 3. The molecule has 1 aromatic carbocycles. The Hall–Kier alpha value is -1.89. The lowest BCUT2D eigenvalue weighted by atomic mass is 10.1. The third-order valence-electron chi connectivity index (χ3n) is 2.84. The largest absolute Gasteiger partial charge is 0.480 e. The summed E-state index contributed by atoms with van der Waals surface area (Å²) in [4.78, 5) is 33.4. The molecule has 6 nitrogen and oxygen atoms in total. The Balaban J connectivity index is 2.46. The molecule has 0 bridgehead atoms. The van der Waals surface area contributed by atoms with Gasteiger partial charge in [-0.1, -0.05) is 28.1 Å². The number of hydrogen-bond donors (Lipinski definition) is 3. The van der Waals surface area contributed by atoms with Crippen LogP contribution in [-0.2, 0) is 20.8 Å². The Morgan fingerprint density at radius 1 is 1.29 bits per heavy atom. The van der Waals surface area contributed by atoms with Crippen LogP contribution in [0.15, 0.2) is 28.7 Å². The summed E-state index contributed by atoms with van der Waals surface area (Å²) in [5, 5.41) is 11.4. The van der Waals surface area contributed by atoms with Crippen molar-refractivity contribution in [2.24, 2.45) is 5.73 Å². The fourth-order valence-corrected chi connectivity index (χ4v) is 2.21. The van der Waals surface area contributed by atoms with Crippen molar-refractivity contribution in [2.75, 3.05) is 0 Å². The third-order valence-corrected chi connectivity index (χ3v) is 3.34. The van der Waals surface area contributed by atoms with Crippen LogP contribution in [0.5, 0.6) is 0 Å². The molecule has 0 aromatic heterocycles. The second-order valence-corrected chi connectivity index (χ2v) is 5.51. The molecular formula is C14H17BrN2O4. The fourth-order valence-electron chi connectivity index (χ4n) is 1.76. The standard InChI is InChI=1S/C14H17BrN2O4/c15-10-3-1-2-9(8-10)4-7-13(19)17-11(14(20)21)5-6-12(16)18/h1-3,8,11H,4-7H2,(H2,16,18)(H,17,19)(H,20,21)/t11-/m0/s1. The van der Waals surface area contributed by atoms with Gasteiger partial charge in [0.15, 0.2) is 0 Å². The maximum absolute atomic E-state index is 11.8. The van der Waals surface area contributed by atoms with E-state index >= 15 is 0 Å². The Kier molecular flexibility index (Phi) is 6.87. The van der Waals surface area contributed by atoms with Crippen LogP contribution in [-0.4, -0.2) is 28.9 Å². The number of primary amides is 1. The minimum Gasteiger partial charge on any atom is -0.480 e. The van der Waals surface area contributed by atoms with Crippen molar-refractivity contribution < 1.29 is 19.5 Å². The number of halogens is 1. The number of benzene rings is 1. The number of amides is 2. The zero-order valence-corrected chi connectivity index (χ0v) is 12.9. The quantitative estimate of drug-likeness (QED) is 0.650. The highest BCUT2D eigenvalue weighted by atomic mass is 79.9. The van der Waals surface area contributed by atoms with Gasteiger partial charge in [-0.25, -0.2) is 4.79 Å². The van der Waals surface area contributed by atoms with E-state index in [0.29, 0.717) is 6.42 Å². The normalized spacial score (nSPS) is 11.7. The molecule has 0 saturated carbocycles. The van der Waals surface area contributed by atoms with E-state index in [-0.39, 0.29) is 25.2 Å². The van der Waals surface area contributed by atoms with Gasteiger partial charge in [0.2, 0.25) is 11.8 Å². The van der Waals surface area contributed by atoms with Crippen LogP contribution in [0.25, 0.3) is 0 Å². The van der Waals surface area contributed by atoms with Gasteiger partial charge < -0.3 is 16.2 Å². The van der Waals surface area contributed by atoms with Crippen molar-refractivity contribution >= 4 is 33.7 Å². The van der Waals surface area contributed by atoms with Crippen LogP contribution in [0.2, 0.25) is 0 Å². The van der Waals surface area contributed by atoms with E-state index in [0.717, 1.165) is 10.0 Å². The number of nitrogens with one attached hydrogen (secondary N) is 1. The van der Waals surface area contributed by atoms with Crippen LogP contribution in [0, 0.1) is 0 Å². The lowest BCUT2D eigenvalue weighted by Gasteiger charge is -2.13. The third kappa shape index (κ3) is 6.89. The molecule has 1 rings (SSSR count). The summed E-state index contributed by atoms with van der Waals surface area (Å²) < 4.78 is 0.922. The Morgan fingerprint density at radius 3 is 2.57 bits per heavy atom. The van der Waals surface area contributed by atoms with E-state index < -0.39 is 17.9 Å². The second kappa shape index (κ2) is 8.41. The molecular weight excluding hydrogens is 340 g/mol. The molecule has 0 unspecified atom stereocenters. The molecule has 1 atom stereocenters. The van der Waals surface area contributed by atoms with Gasteiger partial charge in [0, 0.05) is 17.3 Å². The minimum atomic E-state index is -1.17. The molecule has 7 heteroatoms. The van der Waals surface area contributed by atoms with Gasteiger partial charge in [-0.3, -0.25) is 9.59 Å². The first-order valence-corrected chi connectivity index (χ1v) is 7.22. The van der Waals surface area contributed by atoms with Gasteiger partial charge in [0.1, 0.15) is 6.04 Å². The van der Waals surface area contributed by atoms with Gasteiger partial charge in [-0.2, -0.15) is 0 Å². The molecule has 4 N–H and O–H groups in total. The van der Waals surface area contributed by atoms with Gasteiger partial charge >= 0.3 is 5.97 Å². The van der Waals surface area contributed by atoms with Crippen LogP contribution < -0.4 is 11.1 Å². The predicted molar refractivity (Wildman–Crippen MR) is 80.5 cm³/mol. The van der Waals surface area contributed by atoms with Crippen LogP contribution >= 0.6 is 15.9 Å². The molecule has 0 fully saturated rings. The van der Waals surface area contributed by atoms with E-state index in [4.69, 9.17) is 10.8 Å². The van der Waals surface area contributed by atoms with Crippen LogP contribution in [0.4, 0.5) is 0 Å². The summed E-state index contributed by atoms with van der Waals surface area (Å²) in [6.45, 7) is 0. The Morgan fingerprint density at radius 2 is 2.00 bits per heavy atom. The summed E-state index contributed by atoms with van der Waals surface area (Å²) in [5.74, 6) is -2.14. The molecule has 1 aromatic rings. The van der Waals surface area contributed by atoms with Crippen molar-refractivity contribution in [3.63, 3.8) is 0 Å².